The van der Waals surface area contributed by atoms with E-state index < -0.39 is 4.92 Å². The minimum atomic E-state index is -0.424. The number of nitrogens with zero attached hydrogens (tertiary/aromatic N) is 3. The van der Waals surface area contributed by atoms with E-state index in [1.807, 2.05) is 61.5 Å². The molecule has 0 aliphatic carbocycles. The summed E-state index contributed by atoms with van der Waals surface area (Å²) >= 11 is 8.84. The van der Waals surface area contributed by atoms with E-state index in [1.165, 1.54) is 24.3 Å². The summed E-state index contributed by atoms with van der Waals surface area (Å²) in [7, 11) is 3.99. The van der Waals surface area contributed by atoms with Crippen molar-refractivity contribution < 1.29 is 9.85 Å². The molecule has 0 bridgehead atoms. The third-order valence-corrected chi connectivity index (χ3v) is 6.33. The van der Waals surface area contributed by atoms with Gasteiger partial charge in [0.15, 0.2) is 0 Å². The highest BCUT2D eigenvalue weighted by Gasteiger charge is 2.05. The molecule has 11 heteroatoms. The Bertz CT molecular complexity index is 1300. The predicted octanol–water partition coefficient (Wildman–Crippen LogP) is 7.73. The van der Waals surface area contributed by atoms with Crippen LogP contribution in [0.2, 0.25) is 0 Å². The maximum atomic E-state index is 10.6. The Labute approximate surface area is 233 Å². The largest absolute Gasteiger partial charge is 0.399 e. The number of nitrogen functional groups attached to an aromatic ring is 1. The molecule has 0 unspecified atom stereocenters. The molecule has 8 nitrogen and oxygen atoms in total. The van der Waals surface area contributed by atoms with Gasteiger partial charge in [-0.15, -0.1) is 12.6 Å². The summed E-state index contributed by atoms with van der Waals surface area (Å²) in [6, 6.07) is 28.3. The second kappa shape index (κ2) is 14.9. The quantitative estimate of drug-likeness (QED) is 0.104. The Balaban J connectivity index is 0.000000223. The van der Waals surface area contributed by atoms with Crippen molar-refractivity contribution in [1.82, 2.24) is 0 Å². The molecule has 0 radical (unpaired) electrons. The van der Waals surface area contributed by atoms with Gasteiger partial charge in [-0.1, -0.05) is 39.8 Å². The van der Waals surface area contributed by atoms with Gasteiger partial charge in [0.2, 0.25) is 0 Å². The molecule has 0 heterocycles. The molecule has 0 saturated heterocycles. The normalized spacial score (nSPS) is 9.73. The van der Waals surface area contributed by atoms with Crippen LogP contribution >= 0.6 is 40.3 Å². The van der Waals surface area contributed by atoms with Crippen LogP contribution in [-0.4, -0.2) is 23.9 Å². The lowest BCUT2D eigenvalue weighted by Gasteiger charge is -2.13. The first kappa shape index (κ1) is 29.7. The summed E-state index contributed by atoms with van der Waals surface area (Å²) in [6.45, 7) is 0. The SMILES string of the molecule is CN(C)c1cccc(Sc2ccc([N+](=O)[O-])cc2)c1.Nc1cccc(S)c1.O=[N+]([O-])c1ccc(Br)cc1. The van der Waals surface area contributed by atoms with E-state index >= 15 is 0 Å². The Morgan fingerprint density at radius 3 is 1.78 bits per heavy atom. The van der Waals surface area contributed by atoms with Crippen molar-refractivity contribution in [2.75, 3.05) is 24.7 Å². The molecule has 192 valence electrons. The fourth-order valence-corrected chi connectivity index (χ4v) is 4.05. The van der Waals surface area contributed by atoms with Crippen molar-refractivity contribution in [3.63, 3.8) is 0 Å². The number of nitrogens with two attached hydrogens (primary N) is 1. The highest BCUT2D eigenvalue weighted by atomic mass is 79.9. The molecule has 0 aliphatic rings. The van der Waals surface area contributed by atoms with Crippen LogP contribution in [0.1, 0.15) is 0 Å². The van der Waals surface area contributed by atoms with Crippen molar-refractivity contribution in [2.24, 2.45) is 0 Å². The smallest absolute Gasteiger partial charge is 0.269 e. The molecular weight excluding hydrogens is 576 g/mol. The number of rotatable bonds is 5. The lowest BCUT2D eigenvalue weighted by Crippen LogP contribution is -2.08. The first-order valence-corrected chi connectivity index (χ1v) is 12.7. The fourth-order valence-electron chi connectivity index (χ4n) is 2.68. The number of non-ortho nitro benzene ring substituents is 2. The second-order valence-corrected chi connectivity index (χ2v) is 10.2. The maximum Gasteiger partial charge on any atom is 0.269 e. The molecular formula is C26H25BrN4O4S2. The van der Waals surface area contributed by atoms with Gasteiger partial charge < -0.3 is 10.6 Å². The zero-order chi connectivity index (χ0) is 27.4. The molecule has 4 aromatic carbocycles. The maximum absolute atomic E-state index is 10.6. The van der Waals surface area contributed by atoms with Gasteiger partial charge in [-0.2, -0.15) is 0 Å². The summed E-state index contributed by atoms with van der Waals surface area (Å²) in [4.78, 5) is 24.9. The molecule has 4 rings (SSSR count). The number of halogens is 1. The minimum absolute atomic E-state index is 0.114. The van der Waals surface area contributed by atoms with Gasteiger partial charge in [0.25, 0.3) is 11.4 Å². The molecule has 0 atom stereocenters. The molecule has 0 amide bonds. The minimum Gasteiger partial charge on any atom is -0.399 e. The topological polar surface area (TPSA) is 116 Å². The van der Waals surface area contributed by atoms with Crippen LogP contribution in [0.15, 0.2) is 116 Å². The second-order valence-electron chi connectivity index (χ2n) is 7.57. The molecule has 0 aromatic heterocycles. The van der Waals surface area contributed by atoms with E-state index in [2.05, 4.69) is 34.6 Å². The zero-order valence-corrected chi connectivity index (χ0v) is 23.3. The van der Waals surface area contributed by atoms with Gasteiger partial charge in [-0.25, -0.2) is 0 Å². The number of hydrogen-bond acceptors (Lipinski definition) is 8. The molecule has 0 fully saturated rings. The molecule has 2 N–H and O–H groups in total. The Morgan fingerprint density at radius 1 is 0.784 bits per heavy atom. The number of benzene rings is 4. The Morgan fingerprint density at radius 2 is 1.32 bits per heavy atom. The van der Waals surface area contributed by atoms with E-state index in [-0.39, 0.29) is 16.3 Å². The third kappa shape index (κ3) is 10.9. The summed E-state index contributed by atoms with van der Waals surface area (Å²) in [5.41, 5.74) is 7.53. The van der Waals surface area contributed by atoms with Gasteiger partial charge in [0.1, 0.15) is 0 Å². The predicted molar refractivity (Wildman–Crippen MR) is 157 cm³/mol. The average molecular weight is 602 g/mol. The van der Waals surface area contributed by atoms with Crippen molar-refractivity contribution >= 4 is 63.1 Å². The van der Waals surface area contributed by atoms with Crippen LogP contribution in [0.5, 0.6) is 0 Å². The van der Waals surface area contributed by atoms with Crippen LogP contribution in [-0.2, 0) is 0 Å². The summed E-state index contributed by atoms with van der Waals surface area (Å²) < 4.78 is 0.845. The highest BCUT2D eigenvalue weighted by molar-refractivity contribution is 9.10. The third-order valence-electron chi connectivity index (χ3n) is 4.52. The number of nitro groups is 2. The van der Waals surface area contributed by atoms with Gasteiger partial charge in [0, 0.05) is 68.9 Å². The lowest BCUT2D eigenvalue weighted by atomic mass is 10.3. The standard InChI is InChI=1S/C14H14N2O2S.C6H4BrNO2.C6H7NS/c1-15(2)12-4-3-5-14(10-12)19-13-8-6-11(7-9-13)16(17)18;7-5-1-3-6(4-2-5)8(9)10;7-5-2-1-3-6(8)4-5/h3-10H,1-2H3;1-4H;1-4,8H,7H2. The molecule has 0 aliphatic heterocycles. The number of nitro benzene ring substituents is 2. The Hall–Kier alpha value is -3.54. The highest BCUT2D eigenvalue weighted by Crippen LogP contribution is 2.31. The van der Waals surface area contributed by atoms with Crippen molar-refractivity contribution in [1.29, 1.82) is 0 Å². The van der Waals surface area contributed by atoms with Crippen LogP contribution in [0.4, 0.5) is 22.7 Å². The van der Waals surface area contributed by atoms with Gasteiger partial charge in [0.05, 0.1) is 9.85 Å². The lowest BCUT2D eigenvalue weighted by molar-refractivity contribution is -0.385. The summed E-state index contributed by atoms with van der Waals surface area (Å²) in [5, 5.41) is 20.7. The van der Waals surface area contributed by atoms with E-state index in [0.717, 1.165) is 30.5 Å². The Kier molecular flexibility index (Phi) is 11.9. The number of anilines is 2. The van der Waals surface area contributed by atoms with E-state index in [9.17, 15) is 20.2 Å². The number of thiol groups is 1. The van der Waals surface area contributed by atoms with Gasteiger partial charge in [-0.05, 0) is 60.7 Å². The summed E-state index contributed by atoms with van der Waals surface area (Å²) in [6.07, 6.45) is 0. The first-order valence-electron chi connectivity index (χ1n) is 10.7. The monoisotopic (exact) mass is 600 g/mol. The van der Waals surface area contributed by atoms with Crippen molar-refractivity contribution in [2.45, 2.75) is 14.7 Å². The first-order chi connectivity index (χ1) is 17.5. The van der Waals surface area contributed by atoms with E-state index in [1.54, 1.807) is 36.0 Å². The summed E-state index contributed by atoms with van der Waals surface area (Å²) in [5.74, 6) is 0. The van der Waals surface area contributed by atoms with E-state index in [4.69, 9.17) is 5.73 Å². The zero-order valence-electron chi connectivity index (χ0n) is 20.0. The van der Waals surface area contributed by atoms with E-state index in [0.29, 0.717) is 0 Å². The van der Waals surface area contributed by atoms with Crippen LogP contribution in [0, 0.1) is 20.2 Å². The molecule has 37 heavy (non-hydrogen) atoms. The molecule has 4 aromatic rings. The van der Waals surface area contributed by atoms with Crippen molar-refractivity contribution in [3.8, 4) is 0 Å². The van der Waals surface area contributed by atoms with Crippen LogP contribution in [0.3, 0.4) is 0 Å². The average Bonchev–Trinajstić information content (AvgIpc) is 2.85. The van der Waals surface area contributed by atoms with Crippen LogP contribution < -0.4 is 10.6 Å². The fraction of sp³-hybridized carbons (Fsp3) is 0.0769. The molecule has 0 spiro atoms. The molecule has 0 saturated carbocycles. The van der Waals surface area contributed by atoms with Gasteiger partial charge in [-0.3, -0.25) is 20.2 Å². The van der Waals surface area contributed by atoms with Gasteiger partial charge >= 0.3 is 0 Å². The number of hydrogen-bond donors (Lipinski definition) is 2. The van der Waals surface area contributed by atoms with Crippen LogP contribution in [0.25, 0.3) is 0 Å². The van der Waals surface area contributed by atoms with Crippen molar-refractivity contribution in [3.05, 3.63) is 122 Å².